The van der Waals surface area contributed by atoms with Crippen LogP contribution in [0, 0.1) is 5.92 Å². The van der Waals surface area contributed by atoms with E-state index in [1.165, 1.54) is 0 Å². The van der Waals surface area contributed by atoms with Gasteiger partial charge in [-0.2, -0.15) is 0 Å². The standard InChI is InChI=1S/C14H16N2O5/c17-12(18)8-16-11-7-9(15-3-5-21-6-4-15)1-2-10(11)13(19)14(16)20/h1,7,10H,2-6,8H2,(H,17,18). The summed E-state index contributed by atoms with van der Waals surface area (Å²) in [5.74, 6) is -2.88. The normalized spacial score (nSPS) is 25.6. The molecule has 1 unspecified atom stereocenters. The molecule has 7 heteroatoms. The molecule has 2 fully saturated rings. The van der Waals surface area contributed by atoms with Gasteiger partial charge in [-0.1, -0.05) is 6.08 Å². The Morgan fingerprint density at radius 1 is 1.33 bits per heavy atom. The van der Waals surface area contributed by atoms with Crippen molar-refractivity contribution in [1.29, 1.82) is 0 Å². The van der Waals surface area contributed by atoms with Gasteiger partial charge in [0.2, 0.25) is 5.78 Å². The van der Waals surface area contributed by atoms with E-state index < -0.39 is 30.1 Å². The number of rotatable bonds is 3. The lowest BCUT2D eigenvalue weighted by molar-refractivity contribution is -0.145. The summed E-state index contributed by atoms with van der Waals surface area (Å²) in [6.07, 6.45) is 4.15. The smallest absolute Gasteiger partial charge is 0.323 e. The maximum absolute atomic E-state index is 11.9. The monoisotopic (exact) mass is 292 g/mol. The van der Waals surface area contributed by atoms with Gasteiger partial charge < -0.3 is 14.7 Å². The summed E-state index contributed by atoms with van der Waals surface area (Å²) in [6, 6.07) is 0. The third kappa shape index (κ3) is 2.44. The number of carboxylic acids is 1. The number of carboxylic acid groups (broad SMARTS) is 1. The number of allylic oxidation sites excluding steroid dienone is 3. The minimum Gasteiger partial charge on any atom is -0.480 e. The van der Waals surface area contributed by atoms with E-state index in [0.29, 0.717) is 25.3 Å². The van der Waals surface area contributed by atoms with E-state index >= 15 is 0 Å². The number of hydrogen-bond acceptors (Lipinski definition) is 5. The zero-order chi connectivity index (χ0) is 15.0. The first-order valence-electron chi connectivity index (χ1n) is 6.90. The van der Waals surface area contributed by atoms with Gasteiger partial charge in [0, 0.05) is 24.5 Å². The molecule has 0 radical (unpaired) electrons. The van der Waals surface area contributed by atoms with Crippen molar-refractivity contribution in [2.45, 2.75) is 6.42 Å². The molecular formula is C14H16N2O5. The number of ether oxygens (including phenoxy) is 1. The molecule has 0 aromatic carbocycles. The van der Waals surface area contributed by atoms with Crippen LogP contribution in [-0.2, 0) is 19.1 Å². The molecule has 0 aromatic rings. The molecule has 0 aromatic heterocycles. The van der Waals surface area contributed by atoms with Gasteiger partial charge in [-0.25, -0.2) is 0 Å². The number of morpholine rings is 1. The van der Waals surface area contributed by atoms with Gasteiger partial charge in [-0.15, -0.1) is 0 Å². The minimum absolute atomic E-state index is 0.444. The highest BCUT2D eigenvalue weighted by Gasteiger charge is 2.44. The van der Waals surface area contributed by atoms with Crippen molar-refractivity contribution >= 4 is 17.7 Å². The molecule has 21 heavy (non-hydrogen) atoms. The lowest BCUT2D eigenvalue weighted by Crippen LogP contribution is -2.36. The topological polar surface area (TPSA) is 87.2 Å². The molecule has 3 rings (SSSR count). The van der Waals surface area contributed by atoms with Crippen molar-refractivity contribution < 1.29 is 24.2 Å². The predicted octanol–water partition coefficient (Wildman–Crippen LogP) is -0.398. The van der Waals surface area contributed by atoms with E-state index in [0.717, 1.165) is 23.7 Å². The Bertz CT molecular complexity index is 560. The molecule has 0 spiro atoms. The summed E-state index contributed by atoms with van der Waals surface area (Å²) in [4.78, 5) is 37.9. The number of ketones is 1. The van der Waals surface area contributed by atoms with Crippen LogP contribution >= 0.6 is 0 Å². The number of fused-ring (bicyclic) bond motifs is 1. The number of hydrogen-bond donors (Lipinski definition) is 1. The fraction of sp³-hybridized carbons (Fsp3) is 0.500. The van der Waals surface area contributed by atoms with Crippen molar-refractivity contribution in [1.82, 2.24) is 9.80 Å². The van der Waals surface area contributed by atoms with Gasteiger partial charge in [-0.3, -0.25) is 19.3 Å². The lowest BCUT2D eigenvalue weighted by Gasteiger charge is -2.32. The van der Waals surface area contributed by atoms with Gasteiger partial charge in [0.05, 0.1) is 19.1 Å². The number of amides is 1. The molecule has 2 heterocycles. The van der Waals surface area contributed by atoms with Gasteiger partial charge in [0.25, 0.3) is 5.91 Å². The maximum atomic E-state index is 11.9. The third-order valence-electron chi connectivity index (χ3n) is 3.97. The van der Waals surface area contributed by atoms with Crippen molar-refractivity contribution in [2.75, 3.05) is 32.8 Å². The van der Waals surface area contributed by atoms with Crippen LogP contribution < -0.4 is 0 Å². The summed E-state index contributed by atoms with van der Waals surface area (Å²) >= 11 is 0. The van der Waals surface area contributed by atoms with Crippen LogP contribution in [0.15, 0.2) is 23.5 Å². The molecule has 2 saturated heterocycles. The number of nitrogens with zero attached hydrogens (tertiary/aromatic N) is 2. The van der Waals surface area contributed by atoms with Crippen LogP contribution in [0.2, 0.25) is 0 Å². The molecule has 7 nitrogen and oxygen atoms in total. The average molecular weight is 292 g/mol. The summed E-state index contributed by atoms with van der Waals surface area (Å²) in [6.45, 7) is 2.31. The van der Waals surface area contributed by atoms with Crippen molar-refractivity contribution in [3.05, 3.63) is 23.5 Å². The van der Waals surface area contributed by atoms with E-state index in [9.17, 15) is 14.4 Å². The van der Waals surface area contributed by atoms with E-state index in [2.05, 4.69) is 4.90 Å². The summed E-state index contributed by atoms with van der Waals surface area (Å²) in [5, 5.41) is 8.91. The Balaban J connectivity index is 1.86. The number of carbonyl (C=O) groups is 3. The SMILES string of the molecule is O=C(O)CN1C(=O)C(=O)C2CC=C(N3CCOCC3)C=C21. The van der Waals surface area contributed by atoms with E-state index in [4.69, 9.17) is 9.84 Å². The number of carbonyl (C=O) groups excluding carboxylic acids is 2. The first kappa shape index (κ1) is 13.8. The Kier molecular flexibility index (Phi) is 3.50. The number of aliphatic carboxylic acids is 1. The average Bonchev–Trinajstić information content (AvgIpc) is 2.72. The van der Waals surface area contributed by atoms with Gasteiger partial charge in [0.1, 0.15) is 6.54 Å². The second-order valence-electron chi connectivity index (χ2n) is 5.24. The van der Waals surface area contributed by atoms with E-state index in [1.807, 2.05) is 6.08 Å². The van der Waals surface area contributed by atoms with Gasteiger partial charge in [0.15, 0.2) is 0 Å². The molecule has 3 aliphatic rings. The van der Waals surface area contributed by atoms with Crippen LogP contribution in [0.5, 0.6) is 0 Å². The van der Waals surface area contributed by atoms with E-state index in [1.54, 1.807) is 6.08 Å². The minimum atomic E-state index is -1.12. The maximum Gasteiger partial charge on any atom is 0.323 e. The van der Waals surface area contributed by atoms with Crippen molar-refractivity contribution in [3.63, 3.8) is 0 Å². The van der Waals surface area contributed by atoms with Crippen molar-refractivity contribution in [2.24, 2.45) is 5.92 Å². The molecule has 0 bridgehead atoms. The van der Waals surface area contributed by atoms with Gasteiger partial charge in [-0.05, 0) is 12.5 Å². The Morgan fingerprint density at radius 2 is 2.05 bits per heavy atom. The lowest BCUT2D eigenvalue weighted by atomic mass is 9.94. The molecule has 1 aliphatic carbocycles. The quantitative estimate of drug-likeness (QED) is 0.712. The highest BCUT2D eigenvalue weighted by atomic mass is 16.5. The predicted molar refractivity (Wildman–Crippen MR) is 71.0 cm³/mol. The molecule has 2 aliphatic heterocycles. The summed E-state index contributed by atoms with van der Waals surface area (Å²) in [7, 11) is 0. The number of Topliss-reactive ketones (excluding diaryl/α,β-unsaturated/α-hetero) is 1. The number of likely N-dealkylation sites (tertiary alicyclic amines) is 1. The zero-order valence-corrected chi connectivity index (χ0v) is 11.4. The zero-order valence-electron chi connectivity index (χ0n) is 11.4. The van der Waals surface area contributed by atoms with E-state index in [-0.39, 0.29) is 0 Å². The Hall–Kier alpha value is -2.15. The molecule has 1 amide bonds. The van der Waals surface area contributed by atoms with Crippen LogP contribution in [0.4, 0.5) is 0 Å². The van der Waals surface area contributed by atoms with Crippen molar-refractivity contribution in [3.8, 4) is 0 Å². The highest BCUT2D eigenvalue weighted by molar-refractivity contribution is 6.40. The van der Waals surface area contributed by atoms with Crippen LogP contribution in [0.3, 0.4) is 0 Å². The first-order valence-corrected chi connectivity index (χ1v) is 6.90. The largest absolute Gasteiger partial charge is 0.480 e. The summed E-state index contributed by atoms with van der Waals surface area (Å²) in [5.41, 5.74) is 1.44. The summed E-state index contributed by atoms with van der Waals surface area (Å²) < 4.78 is 5.30. The van der Waals surface area contributed by atoms with Gasteiger partial charge >= 0.3 is 5.97 Å². The highest BCUT2D eigenvalue weighted by Crippen LogP contribution is 2.34. The second kappa shape index (κ2) is 5.33. The molecule has 1 N–H and O–H groups in total. The first-order chi connectivity index (χ1) is 10.1. The Labute approximate surface area is 121 Å². The fourth-order valence-corrected chi connectivity index (χ4v) is 2.92. The fourth-order valence-electron chi connectivity index (χ4n) is 2.92. The third-order valence-corrected chi connectivity index (χ3v) is 3.97. The molecule has 112 valence electrons. The second-order valence-corrected chi connectivity index (χ2v) is 5.24. The van der Waals surface area contributed by atoms with Crippen LogP contribution in [0.1, 0.15) is 6.42 Å². The van der Waals surface area contributed by atoms with Crippen LogP contribution in [0.25, 0.3) is 0 Å². The molecule has 1 atom stereocenters. The Morgan fingerprint density at radius 3 is 2.71 bits per heavy atom. The van der Waals surface area contributed by atoms with Crippen LogP contribution in [-0.4, -0.2) is 65.4 Å². The molecular weight excluding hydrogens is 276 g/mol. The molecule has 0 saturated carbocycles.